The van der Waals surface area contributed by atoms with E-state index in [0.717, 1.165) is 11.8 Å². The molecule has 2 aromatic carbocycles. The van der Waals surface area contributed by atoms with Gasteiger partial charge in [-0.05, 0) is 30.3 Å². The Hall–Kier alpha value is -4.12. The summed E-state index contributed by atoms with van der Waals surface area (Å²) in [6.07, 6.45) is 1.44. The summed E-state index contributed by atoms with van der Waals surface area (Å²) in [5, 5.41) is 10.3. The van der Waals surface area contributed by atoms with Gasteiger partial charge >= 0.3 is 0 Å². The van der Waals surface area contributed by atoms with Gasteiger partial charge in [0.05, 0.1) is 19.1 Å². The van der Waals surface area contributed by atoms with Crippen molar-refractivity contribution in [1.82, 2.24) is 19.7 Å². The number of carbonyl (C=O) groups is 2. The number of fused-ring (bicyclic) bond motifs is 1. The number of hydrogen-bond acceptors (Lipinski definition) is 7. The van der Waals surface area contributed by atoms with Crippen molar-refractivity contribution in [3.63, 3.8) is 0 Å². The summed E-state index contributed by atoms with van der Waals surface area (Å²) in [6, 6.07) is 14.1. The number of nitrogens with zero attached hydrogens (tertiary/aromatic N) is 3. The zero-order valence-electron chi connectivity index (χ0n) is 17.8. The van der Waals surface area contributed by atoms with E-state index in [1.165, 1.54) is 17.8 Å². The molecule has 0 spiro atoms. The number of amides is 2. The molecule has 11 heteroatoms. The molecule has 0 radical (unpaired) electrons. The number of hydrogen-bond donors (Lipinski definition) is 3. The molecular formula is C22H20N6O4S. The van der Waals surface area contributed by atoms with Crippen LogP contribution in [0.3, 0.4) is 0 Å². The number of anilines is 2. The van der Waals surface area contributed by atoms with Gasteiger partial charge in [-0.2, -0.15) is 5.10 Å². The van der Waals surface area contributed by atoms with Gasteiger partial charge in [0.25, 0.3) is 5.56 Å². The first-order valence-electron chi connectivity index (χ1n) is 9.86. The number of aromatic amines is 1. The predicted molar refractivity (Wildman–Crippen MR) is 126 cm³/mol. The SMILES string of the molecule is COc1ccccc1-n1ncc2c(=O)[nH]c(SCC(=O)Nc3cccc(NC(C)=O)c3)nc21. The van der Waals surface area contributed by atoms with E-state index >= 15 is 0 Å². The van der Waals surface area contributed by atoms with Crippen LogP contribution >= 0.6 is 11.8 Å². The number of H-pyrrole nitrogens is 1. The number of carbonyl (C=O) groups excluding carboxylic acids is 2. The monoisotopic (exact) mass is 464 g/mol. The molecule has 0 aliphatic carbocycles. The lowest BCUT2D eigenvalue weighted by molar-refractivity contribution is -0.114. The van der Waals surface area contributed by atoms with Crippen LogP contribution in [0.15, 0.2) is 64.7 Å². The molecule has 10 nitrogen and oxygen atoms in total. The van der Waals surface area contributed by atoms with Crippen molar-refractivity contribution in [2.24, 2.45) is 0 Å². The van der Waals surface area contributed by atoms with Crippen LogP contribution in [0, 0.1) is 0 Å². The molecule has 3 N–H and O–H groups in total. The van der Waals surface area contributed by atoms with Crippen molar-refractivity contribution >= 4 is 46.0 Å². The Balaban J connectivity index is 1.52. The molecule has 2 aromatic heterocycles. The summed E-state index contributed by atoms with van der Waals surface area (Å²) in [5.74, 6) is 0.106. The molecule has 0 saturated heterocycles. The van der Waals surface area contributed by atoms with Gasteiger partial charge in [-0.3, -0.25) is 14.4 Å². The van der Waals surface area contributed by atoms with Crippen molar-refractivity contribution in [2.75, 3.05) is 23.5 Å². The Morgan fingerprint density at radius 3 is 2.64 bits per heavy atom. The first kappa shape index (κ1) is 22.1. The van der Waals surface area contributed by atoms with Gasteiger partial charge in [0.2, 0.25) is 11.8 Å². The molecular weight excluding hydrogens is 444 g/mol. The van der Waals surface area contributed by atoms with Crippen molar-refractivity contribution in [3.8, 4) is 11.4 Å². The number of thioether (sulfide) groups is 1. The highest BCUT2D eigenvalue weighted by molar-refractivity contribution is 7.99. The highest BCUT2D eigenvalue weighted by Crippen LogP contribution is 2.25. The molecule has 0 saturated carbocycles. The van der Waals surface area contributed by atoms with E-state index in [1.807, 2.05) is 18.2 Å². The van der Waals surface area contributed by atoms with Crippen LogP contribution in [0.4, 0.5) is 11.4 Å². The quantitative estimate of drug-likeness (QED) is 0.283. The van der Waals surface area contributed by atoms with E-state index in [0.29, 0.717) is 33.8 Å². The fourth-order valence-electron chi connectivity index (χ4n) is 3.16. The van der Waals surface area contributed by atoms with Gasteiger partial charge in [0.15, 0.2) is 10.8 Å². The maximum absolute atomic E-state index is 12.5. The molecule has 0 atom stereocenters. The molecule has 0 fully saturated rings. The van der Waals surface area contributed by atoms with Crippen molar-refractivity contribution in [2.45, 2.75) is 12.1 Å². The smallest absolute Gasteiger partial charge is 0.262 e. The average molecular weight is 465 g/mol. The number of rotatable bonds is 7. The topological polar surface area (TPSA) is 131 Å². The van der Waals surface area contributed by atoms with Crippen molar-refractivity contribution < 1.29 is 14.3 Å². The molecule has 0 unspecified atom stereocenters. The van der Waals surface area contributed by atoms with Crippen LogP contribution < -0.4 is 20.9 Å². The summed E-state index contributed by atoms with van der Waals surface area (Å²) in [7, 11) is 1.55. The summed E-state index contributed by atoms with van der Waals surface area (Å²) in [5.41, 5.74) is 1.76. The van der Waals surface area contributed by atoms with Crippen LogP contribution in [-0.4, -0.2) is 44.4 Å². The molecule has 168 valence electrons. The lowest BCUT2D eigenvalue weighted by Gasteiger charge is -2.09. The van der Waals surface area contributed by atoms with Gasteiger partial charge in [-0.25, -0.2) is 9.67 Å². The van der Waals surface area contributed by atoms with Gasteiger partial charge in [0.1, 0.15) is 16.8 Å². The summed E-state index contributed by atoms with van der Waals surface area (Å²) >= 11 is 1.09. The second-order valence-electron chi connectivity index (χ2n) is 6.94. The van der Waals surface area contributed by atoms with Gasteiger partial charge in [-0.1, -0.05) is 30.0 Å². The molecule has 2 amide bonds. The number of aromatic nitrogens is 4. The molecule has 0 aliphatic rings. The Kier molecular flexibility index (Phi) is 6.41. The lowest BCUT2D eigenvalue weighted by atomic mass is 10.2. The van der Waals surface area contributed by atoms with Crippen LogP contribution in [0.2, 0.25) is 0 Å². The van der Waals surface area contributed by atoms with Crippen molar-refractivity contribution in [3.05, 3.63) is 65.1 Å². The van der Waals surface area contributed by atoms with Gasteiger partial charge < -0.3 is 20.4 Å². The van der Waals surface area contributed by atoms with Gasteiger partial charge in [0, 0.05) is 18.3 Å². The Morgan fingerprint density at radius 1 is 1.12 bits per heavy atom. The van der Waals surface area contributed by atoms with Crippen LogP contribution in [-0.2, 0) is 9.59 Å². The van der Waals surface area contributed by atoms with E-state index < -0.39 is 0 Å². The summed E-state index contributed by atoms with van der Waals surface area (Å²) < 4.78 is 6.92. The number of nitrogens with one attached hydrogen (secondary N) is 3. The minimum absolute atomic E-state index is 0.0155. The molecule has 4 rings (SSSR count). The summed E-state index contributed by atoms with van der Waals surface area (Å²) in [6.45, 7) is 1.41. The van der Waals surface area contributed by atoms with E-state index in [-0.39, 0.29) is 28.3 Å². The fourth-order valence-corrected chi connectivity index (χ4v) is 3.81. The molecule has 4 aromatic rings. The minimum Gasteiger partial charge on any atom is -0.494 e. The van der Waals surface area contributed by atoms with E-state index in [4.69, 9.17) is 4.74 Å². The van der Waals surface area contributed by atoms with E-state index in [1.54, 1.807) is 37.4 Å². The number of benzene rings is 2. The average Bonchev–Trinajstić information content (AvgIpc) is 3.22. The third-order valence-corrected chi connectivity index (χ3v) is 5.41. The number of methoxy groups -OCH3 is 1. The first-order chi connectivity index (χ1) is 15.9. The normalized spacial score (nSPS) is 10.7. The molecule has 0 bridgehead atoms. The Bertz CT molecular complexity index is 1400. The highest BCUT2D eigenvalue weighted by Gasteiger charge is 2.15. The lowest BCUT2D eigenvalue weighted by Crippen LogP contribution is -2.16. The van der Waals surface area contributed by atoms with Crippen LogP contribution in [0.1, 0.15) is 6.92 Å². The molecule has 33 heavy (non-hydrogen) atoms. The van der Waals surface area contributed by atoms with E-state index in [9.17, 15) is 14.4 Å². The molecule has 2 heterocycles. The van der Waals surface area contributed by atoms with Crippen LogP contribution in [0.5, 0.6) is 5.75 Å². The third-order valence-electron chi connectivity index (χ3n) is 4.54. The largest absolute Gasteiger partial charge is 0.494 e. The predicted octanol–water partition coefficient (Wildman–Crippen LogP) is 2.81. The first-order valence-corrected chi connectivity index (χ1v) is 10.8. The van der Waals surface area contributed by atoms with E-state index in [2.05, 4.69) is 25.7 Å². The standard InChI is InChI=1S/C22H20N6O4S/c1-13(29)24-14-6-5-7-15(10-14)25-19(30)12-33-22-26-20-16(21(31)27-22)11-23-28(20)17-8-3-4-9-18(17)32-2/h3-11H,12H2,1-2H3,(H,24,29)(H,25,30)(H,26,27,31). The van der Waals surface area contributed by atoms with Crippen molar-refractivity contribution in [1.29, 1.82) is 0 Å². The van der Waals surface area contributed by atoms with Gasteiger partial charge in [-0.15, -0.1) is 0 Å². The highest BCUT2D eigenvalue weighted by atomic mass is 32.2. The Morgan fingerprint density at radius 2 is 1.88 bits per heavy atom. The maximum Gasteiger partial charge on any atom is 0.262 e. The second-order valence-corrected chi connectivity index (χ2v) is 7.90. The maximum atomic E-state index is 12.5. The summed E-state index contributed by atoms with van der Waals surface area (Å²) in [4.78, 5) is 43.3. The Labute approximate surface area is 192 Å². The fraction of sp³-hybridized carbons (Fsp3) is 0.136. The number of para-hydroxylation sites is 2. The zero-order valence-corrected chi connectivity index (χ0v) is 18.6. The minimum atomic E-state index is -0.355. The third kappa shape index (κ3) is 5.04. The zero-order chi connectivity index (χ0) is 23.4. The van der Waals surface area contributed by atoms with Crippen LogP contribution in [0.25, 0.3) is 16.7 Å². The molecule has 0 aliphatic heterocycles. The number of ether oxygens (including phenoxy) is 1. The second kappa shape index (κ2) is 9.57.